The van der Waals surface area contributed by atoms with Crippen molar-refractivity contribution in [2.75, 3.05) is 20.1 Å². The molecule has 216 valence electrons. The lowest BCUT2D eigenvalue weighted by molar-refractivity contribution is -0.143. The van der Waals surface area contributed by atoms with E-state index in [1.807, 2.05) is 91.0 Å². The predicted octanol–water partition coefficient (Wildman–Crippen LogP) is 3.29. The molecule has 3 aromatic carbocycles. The molecule has 3 rings (SSSR count). The van der Waals surface area contributed by atoms with E-state index in [-0.39, 0.29) is 37.0 Å². The molecule has 0 bridgehead atoms. The smallest absolute Gasteiger partial charge is 0.320 e. The number of carbonyl (C=O) groups is 3. The third kappa shape index (κ3) is 12.6. The van der Waals surface area contributed by atoms with E-state index in [4.69, 9.17) is 4.74 Å². The summed E-state index contributed by atoms with van der Waals surface area (Å²) in [5, 5.41) is 12.2. The summed E-state index contributed by atoms with van der Waals surface area (Å²) in [4.78, 5) is 37.4. The zero-order valence-electron chi connectivity index (χ0n) is 23.6. The second kappa shape index (κ2) is 18.1. The van der Waals surface area contributed by atoms with E-state index < -0.39 is 6.04 Å². The molecule has 0 saturated carbocycles. The maximum Gasteiger partial charge on any atom is 0.320 e. The summed E-state index contributed by atoms with van der Waals surface area (Å²) in [6.07, 6.45) is 4.95. The molecule has 4 N–H and O–H groups in total. The Kier molecular flexibility index (Phi) is 13.8. The Balaban J connectivity index is 1.54. The highest BCUT2D eigenvalue weighted by Crippen LogP contribution is 2.08. The van der Waals surface area contributed by atoms with E-state index >= 15 is 0 Å². The van der Waals surface area contributed by atoms with Gasteiger partial charge in [0.2, 0.25) is 11.8 Å². The highest BCUT2D eigenvalue weighted by molar-refractivity contribution is 5.87. The second-order valence-corrected chi connectivity index (χ2v) is 9.66. The summed E-state index contributed by atoms with van der Waals surface area (Å²) >= 11 is 0. The Morgan fingerprint density at radius 2 is 1.44 bits per heavy atom. The molecule has 3 aromatic rings. The fourth-order valence-electron chi connectivity index (χ4n) is 4.18. The monoisotopic (exact) mass is 556 g/mol. The number of carbonyl (C=O) groups excluding carboxylic acids is 3. The maximum atomic E-state index is 13.5. The van der Waals surface area contributed by atoms with Gasteiger partial charge < -0.3 is 26.0 Å². The minimum absolute atomic E-state index is 0.102. The lowest BCUT2D eigenvalue weighted by atomic mass is 10.0. The molecule has 0 aliphatic heterocycles. The number of ether oxygens (including phenoxy) is 1. The molecule has 0 aliphatic carbocycles. The summed E-state index contributed by atoms with van der Waals surface area (Å²) < 4.78 is 5.31. The Labute approximate surface area is 242 Å². The highest BCUT2D eigenvalue weighted by Gasteiger charge is 2.20. The Morgan fingerprint density at radius 1 is 0.829 bits per heavy atom. The fourth-order valence-corrected chi connectivity index (χ4v) is 4.18. The van der Waals surface area contributed by atoms with Gasteiger partial charge in [-0.15, -0.1) is 0 Å². The molecule has 2 amide bonds. The topological polar surface area (TPSA) is 109 Å². The summed E-state index contributed by atoms with van der Waals surface area (Å²) in [7, 11) is 1.57. The van der Waals surface area contributed by atoms with Crippen LogP contribution in [-0.2, 0) is 38.7 Å². The van der Waals surface area contributed by atoms with Crippen LogP contribution in [0.3, 0.4) is 0 Å². The number of rotatable bonds is 17. The van der Waals surface area contributed by atoms with Crippen molar-refractivity contribution in [1.29, 1.82) is 0 Å². The fraction of sp³-hybridized carbons (Fsp3) is 0.303. The van der Waals surface area contributed by atoms with E-state index in [1.54, 1.807) is 13.1 Å². The number of hydrogen-bond acceptors (Lipinski definition) is 6. The van der Waals surface area contributed by atoms with Crippen LogP contribution in [0.4, 0.5) is 0 Å². The lowest BCUT2D eigenvalue weighted by Crippen LogP contribution is -2.48. The van der Waals surface area contributed by atoms with Crippen LogP contribution in [0.2, 0.25) is 0 Å². The van der Waals surface area contributed by atoms with Crippen LogP contribution in [0.1, 0.15) is 29.5 Å². The van der Waals surface area contributed by atoms with Crippen molar-refractivity contribution >= 4 is 17.8 Å². The first-order chi connectivity index (χ1) is 20.0. The number of amides is 2. The van der Waals surface area contributed by atoms with E-state index in [1.165, 1.54) is 6.08 Å². The molecule has 8 nitrogen and oxygen atoms in total. The van der Waals surface area contributed by atoms with Crippen molar-refractivity contribution < 1.29 is 19.1 Å². The molecule has 0 aliphatic rings. The van der Waals surface area contributed by atoms with E-state index in [0.29, 0.717) is 32.4 Å². The van der Waals surface area contributed by atoms with Crippen molar-refractivity contribution in [2.24, 2.45) is 0 Å². The quantitative estimate of drug-likeness (QED) is 0.115. The van der Waals surface area contributed by atoms with Gasteiger partial charge in [0.05, 0.1) is 18.6 Å². The second-order valence-electron chi connectivity index (χ2n) is 9.66. The van der Waals surface area contributed by atoms with Gasteiger partial charge in [0.1, 0.15) is 6.61 Å². The Morgan fingerprint density at radius 3 is 2.07 bits per heavy atom. The molecule has 0 saturated heterocycles. The molecule has 2 unspecified atom stereocenters. The molecular formula is C33H40N4O4. The number of hydrogen-bond donors (Lipinski definition) is 4. The average molecular weight is 557 g/mol. The van der Waals surface area contributed by atoms with Gasteiger partial charge in [0.15, 0.2) is 0 Å². The van der Waals surface area contributed by atoms with Gasteiger partial charge in [-0.1, -0.05) is 97.1 Å². The van der Waals surface area contributed by atoms with Gasteiger partial charge in [-0.3, -0.25) is 14.4 Å². The van der Waals surface area contributed by atoms with Crippen LogP contribution in [0.15, 0.2) is 103 Å². The molecule has 0 fully saturated rings. The maximum absolute atomic E-state index is 13.5. The van der Waals surface area contributed by atoms with Gasteiger partial charge in [-0.25, -0.2) is 0 Å². The summed E-state index contributed by atoms with van der Waals surface area (Å²) in [5.74, 6) is -0.702. The largest absolute Gasteiger partial charge is 0.460 e. The standard InChI is InChI=1S/C33H40N4O4/c1-34-31(38)20-19-29(22-26-12-5-2-6-13-26)37-33(40)30(36-23-27-14-7-3-8-15-27)18-11-21-35-24-32(39)41-25-28-16-9-4-10-17-28/h2-10,12-17,19-20,29-30,35-36H,11,18,21-25H2,1H3,(H,34,38)(H,37,40)/b20-19+. The zero-order valence-corrected chi connectivity index (χ0v) is 23.6. The van der Waals surface area contributed by atoms with Gasteiger partial charge in [-0.05, 0) is 42.5 Å². The highest BCUT2D eigenvalue weighted by atomic mass is 16.5. The van der Waals surface area contributed by atoms with Gasteiger partial charge >= 0.3 is 5.97 Å². The van der Waals surface area contributed by atoms with Gasteiger partial charge in [0, 0.05) is 19.7 Å². The average Bonchev–Trinajstić information content (AvgIpc) is 3.01. The molecule has 0 spiro atoms. The lowest BCUT2D eigenvalue weighted by Gasteiger charge is -2.22. The van der Waals surface area contributed by atoms with E-state index in [2.05, 4.69) is 21.3 Å². The van der Waals surface area contributed by atoms with E-state index in [0.717, 1.165) is 16.7 Å². The van der Waals surface area contributed by atoms with Crippen molar-refractivity contribution in [3.8, 4) is 0 Å². The normalized spacial score (nSPS) is 12.4. The van der Waals surface area contributed by atoms with Gasteiger partial charge in [0.25, 0.3) is 0 Å². The van der Waals surface area contributed by atoms with Crippen LogP contribution >= 0.6 is 0 Å². The van der Waals surface area contributed by atoms with Crippen LogP contribution in [0.25, 0.3) is 0 Å². The van der Waals surface area contributed by atoms with Crippen LogP contribution in [0, 0.1) is 0 Å². The van der Waals surface area contributed by atoms with E-state index in [9.17, 15) is 14.4 Å². The molecule has 2 atom stereocenters. The van der Waals surface area contributed by atoms with Crippen molar-refractivity contribution in [3.05, 3.63) is 120 Å². The molecule has 8 heteroatoms. The summed E-state index contributed by atoms with van der Waals surface area (Å²) in [6, 6.07) is 28.5. The molecule has 0 heterocycles. The number of likely N-dealkylation sites (N-methyl/N-ethyl adjacent to an activating group) is 1. The first-order valence-corrected chi connectivity index (χ1v) is 13.9. The number of esters is 1. The SMILES string of the molecule is CNC(=O)/C=C/C(Cc1ccccc1)NC(=O)C(CCCNCC(=O)OCc1ccccc1)NCc1ccccc1. The summed E-state index contributed by atoms with van der Waals surface area (Å²) in [5.41, 5.74) is 3.07. The predicted molar refractivity (Wildman–Crippen MR) is 161 cm³/mol. The number of nitrogens with one attached hydrogen (secondary N) is 4. The van der Waals surface area contributed by atoms with Crippen molar-refractivity contribution in [2.45, 2.75) is 44.5 Å². The third-order valence-corrected chi connectivity index (χ3v) is 6.42. The Bertz CT molecular complexity index is 1220. The van der Waals surface area contributed by atoms with Crippen molar-refractivity contribution in [3.63, 3.8) is 0 Å². The van der Waals surface area contributed by atoms with Crippen LogP contribution < -0.4 is 21.3 Å². The minimum Gasteiger partial charge on any atom is -0.460 e. The minimum atomic E-state index is -0.464. The molecular weight excluding hydrogens is 516 g/mol. The first-order valence-electron chi connectivity index (χ1n) is 13.9. The van der Waals surface area contributed by atoms with Crippen LogP contribution in [-0.4, -0.2) is 50.0 Å². The number of benzene rings is 3. The molecule has 0 aromatic heterocycles. The zero-order chi connectivity index (χ0) is 29.1. The summed E-state index contributed by atoms with van der Waals surface area (Å²) in [6.45, 7) is 1.44. The molecule has 0 radical (unpaired) electrons. The van der Waals surface area contributed by atoms with Crippen molar-refractivity contribution in [1.82, 2.24) is 21.3 Å². The first kappa shape index (κ1) is 31.3. The third-order valence-electron chi connectivity index (χ3n) is 6.42. The Hall–Kier alpha value is -4.27. The van der Waals surface area contributed by atoms with Crippen LogP contribution in [0.5, 0.6) is 0 Å². The van der Waals surface area contributed by atoms with Gasteiger partial charge in [-0.2, -0.15) is 0 Å². The molecule has 41 heavy (non-hydrogen) atoms.